The van der Waals surface area contributed by atoms with Gasteiger partial charge in [-0.2, -0.15) is 0 Å². The molecule has 4 bridgehead atoms. The fourth-order valence-corrected chi connectivity index (χ4v) is 4.82. The smallest absolute Gasteiger partial charge is 0.408 e. The number of hydrogen-bond donors (Lipinski definition) is 2. The van der Waals surface area contributed by atoms with E-state index in [0.29, 0.717) is 11.8 Å². The van der Waals surface area contributed by atoms with Crippen molar-refractivity contribution in [3.05, 3.63) is 0 Å². The number of methoxy groups -OCH3 is 1. The van der Waals surface area contributed by atoms with Gasteiger partial charge in [-0.25, -0.2) is 4.79 Å². The molecule has 3 N–H and O–H groups in total. The maximum absolute atomic E-state index is 11.9. The first kappa shape index (κ1) is 13.7. The maximum atomic E-state index is 11.9. The van der Waals surface area contributed by atoms with Crippen molar-refractivity contribution >= 4 is 12.1 Å². The molecule has 0 heterocycles. The first-order valence-electron chi connectivity index (χ1n) is 7.25. The van der Waals surface area contributed by atoms with E-state index >= 15 is 0 Å². The summed E-state index contributed by atoms with van der Waals surface area (Å²) >= 11 is 0. The highest BCUT2D eigenvalue weighted by Gasteiger charge is 2.58. The van der Waals surface area contributed by atoms with E-state index in [4.69, 9.17) is 10.5 Å². The van der Waals surface area contributed by atoms with Crippen molar-refractivity contribution in [2.75, 3.05) is 13.7 Å². The third-order valence-corrected chi connectivity index (χ3v) is 4.97. The molecule has 0 radical (unpaired) electrons. The zero-order chi connectivity index (χ0) is 14.4. The Balaban J connectivity index is 1.62. The molecule has 2 atom stereocenters. The molecule has 2 unspecified atom stereocenters. The molecule has 6 heteroatoms. The molecule has 4 rings (SSSR count). The van der Waals surface area contributed by atoms with Gasteiger partial charge in [0.05, 0.1) is 7.11 Å². The molecular formula is C14H22N2O4. The number of amides is 1. The summed E-state index contributed by atoms with van der Waals surface area (Å²) < 4.78 is 10.2. The number of carbonyl (C=O) groups is 2. The molecule has 0 aromatic heterocycles. The zero-order valence-electron chi connectivity index (χ0n) is 11.8. The van der Waals surface area contributed by atoms with Crippen molar-refractivity contribution in [1.82, 2.24) is 5.32 Å². The minimum atomic E-state index is -0.541. The molecule has 112 valence electrons. The predicted octanol–water partition coefficient (Wildman–Crippen LogP) is 0.936. The first-order chi connectivity index (χ1) is 9.42. The number of ether oxygens (including phenoxy) is 2. The Labute approximate surface area is 118 Å². The van der Waals surface area contributed by atoms with Gasteiger partial charge >= 0.3 is 12.1 Å². The van der Waals surface area contributed by atoms with Crippen LogP contribution in [0.5, 0.6) is 0 Å². The summed E-state index contributed by atoms with van der Waals surface area (Å²) in [4.78, 5) is 22.9. The maximum Gasteiger partial charge on any atom is 0.408 e. The van der Waals surface area contributed by atoms with Crippen LogP contribution in [-0.4, -0.2) is 36.9 Å². The van der Waals surface area contributed by atoms with Gasteiger partial charge in [0, 0.05) is 12.0 Å². The summed E-state index contributed by atoms with van der Waals surface area (Å²) in [5, 5.41) is 2.44. The van der Waals surface area contributed by atoms with Gasteiger partial charge in [-0.15, -0.1) is 0 Å². The van der Waals surface area contributed by atoms with Gasteiger partial charge < -0.3 is 20.5 Å². The Morgan fingerprint density at radius 3 is 2.45 bits per heavy atom. The van der Waals surface area contributed by atoms with Crippen molar-refractivity contribution < 1.29 is 19.1 Å². The minimum absolute atomic E-state index is 0.160. The number of carbonyl (C=O) groups excluding carboxylic acids is 2. The molecule has 0 saturated heterocycles. The van der Waals surface area contributed by atoms with Crippen LogP contribution in [0.3, 0.4) is 0 Å². The van der Waals surface area contributed by atoms with E-state index in [-0.39, 0.29) is 12.1 Å². The number of nitrogens with two attached hydrogens (primary N) is 1. The third-order valence-electron chi connectivity index (χ3n) is 4.97. The fraction of sp³-hybridized carbons (Fsp3) is 0.857. The van der Waals surface area contributed by atoms with E-state index in [1.165, 1.54) is 13.5 Å². The van der Waals surface area contributed by atoms with Crippen molar-refractivity contribution in [3.63, 3.8) is 0 Å². The summed E-state index contributed by atoms with van der Waals surface area (Å²) in [6.07, 6.45) is 5.35. The number of alkyl carbamates (subject to hydrolysis) is 1. The molecule has 4 saturated carbocycles. The van der Waals surface area contributed by atoms with Crippen LogP contribution in [0.4, 0.5) is 4.79 Å². The Bertz CT molecular complexity index is 423. The quantitative estimate of drug-likeness (QED) is 0.752. The highest BCUT2D eigenvalue weighted by molar-refractivity contribution is 5.77. The second-order valence-corrected chi connectivity index (χ2v) is 6.83. The first-order valence-corrected chi connectivity index (χ1v) is 7.25. The van der Waals surface area contributed by atoms with E-state index in [1.807, 2.05) is 0 Å². The lowest BCUT2D eigenvalue weighted by molar-refractivity contribution is -0.142. The molecule has 4 aliphatic rings. The van der Waals surface area contributed by atoms with Crippen molar-refractivity contribution in [2.24, 2.45) is 17.6 Å². The summed E-state index contributed by atoms with van der Waals surface area (Å²) in [6.45, 7) is -0.161. The van der Waals surface area contributed by atoms with Crippen LogP contribution in [0.1, 0.15) is 38.5 Å². The van der Waals surface area contributed by atoms with Crippen LogP contribution in [0.25, 0.3) is 0 Å². The van der Waals surface area contributed by atoms with Crippen LogP contribution >= 0.6 is 0 Å². The standard InChI is InChI=1S/C14H22N2O4/c1-19-11(17)7-16-12(18)20-14-5-9-2-10(6-14)4-13(15,3-9)8-14/h9-10H,2-8,15H2,1H3,(H,16,18). The SMILES string of the molecule is COC(=O)CNC(=O)OC12CC3CC(CC(N)(C3)C1)C2. The average molecular weight is 282 g/mol. The van der Waals surface area contributed by atoms with Crippen LogP contribution in [0.2, 0.25) is 0 Å². The summed E-state index contributed by atoms with van der Waals surface area (Å²) in [5.41, 5.74) is 5.86. The Kier molecular flexibility index (Phi) is 3.16. The molecule has 1 amide bonds. The van der Waals surface area contributed by atoms with Crippen LogP contribution in [-0.2, 0) is 14.3 Å². The zero-order valence-corrected chi connectivity index (χ0v) is 11.8. The Morgan fingerprint density at radius 1 is 1.25 bits per heavy atom. The van der Waals surface area contributed by atoms with E-state index < -0.39 is 17.7 Å². The van der Waals surface area contributed by atoms with Gasteiger partial charge in [-0.3, -0.25) is 4.79 Å². The summed E-state index contributed by atoms with van der Waals surface area (Å²) in [5.74, 6) is 0.673. The van der Waals surface area contributed by atoms with Gasteiger partial charge in [0.15, 0.2) is 0 Å². The van der Waals surface area contributed by atoms with Gasteiger partial charge in [0.25, 0.3) is 0 Å². The lowest BCUT2D eigenvalue weighted by atomic mass is 9.51. The van der Waals surface area contributed by atoms with Crippen LogP contribution in [0.15, 0.2) is 0 Å². The third kappa shape index (κ3) is 2.49. The molecular weight excluding hydrogens is 260 g/mol. The van der Waals surface area contributed by atoms with E-state index in [2.05, 4.69) is 10.1 Å². The van der Waals surface area contributed by atoms with Crippen LogP contribution in [0, 0.1) is 11.8 Å². The number of nitrogens with one attached hydrogen (secondary N) is 1. The fourth-order valence-electron chi connectivity index (χ4n) is 4.82. The Hall–Kier alpha value is -1.30. The number of hydrogen-bond acceptors (Lipinski definition) is 5. The topological polar surface area (TPSA) is 90.6 Å². The Morgan fingerprint density at radius 2 is 1.90 bits per heavy atom. The van der Waals surface area contributed by atoms with Crippen LogP contribution < -0.4 is 11.1 Å². The molecule has 6 nitrogen and oxygen atoms in total. The lowest BCUT2D eigenvalue weighted by Crippen LogP contribution is -2.64. The molecule has 4 fully saturated rings. The molecule has 0 aliphatic heterocycles. The predicted molar refractivity (Wildman–Crippen MR) is 70.8 cm³/mol. The van der Waals surface area contributed by atoms with Gasteiger partial charge in [0.2, 0.25) is 0 Å². The lowest BCUT2D eigenvalue weighted by Gasteiger charge is -2.59. The minimum Gasteiger partial charge on any atom is -0.468 e. The van der Waals surface area contributed by atoms with Crippen molar-refractivity contribution in [1.29, 1.82) is 0 Å². The molecule has 0 aromatic rings. The average Bonchev–Trinajstić information content (AvgIpc) is 2.32. The highest BCUT2D eigenvalue weighted by Crippen LogP contribution is 2.57. The molecule has 4 aliphatic carbocycles. The normalized spacial score (nSPS) is 41.3. The van der Waals surface area contributed by atoms with E-state index in [1.54, 1.807) is 0 Å². The van der Waals surface area contributed by atoms with E-state index in [9.17, 15) is 9.59 Å². The summed E-state index contributed by atoms with van der Waals surface area (Å²) in [7, 11) is 1.28. The van der Waals surface area contributed by atoms with Gasteiger partial charge in [-0.05, 0) is 43.9 Å². The van der Waals surface area contributed by atoms with Gasteiger partial charge in [0.1, 0.15) is 12.1 Å². The number of rotatable bonds is 3. The molecule has 0 spiro atoms. The summed E-state index contributed by atoms with van der Waals surface area (Å²) in [6, 6.07) is 0. The highest BCUT2D eigenvalue weighted by atomic mass is 16.6. The second-order valence-electron chi connectivity index (χ2n) is 6.83. The van der Waals surface area contributed by atoms with Gasteiger partial charge in [-0.1, -0.05) is 0 Å². The number of esters is 1. The van der Waals surface area contributed by atoms with Crippen molar-refractivity contribution in [2.45, 2.75) is 49.7 Å². The molecule has 20 heavy (non-hydrogen) atoms. The largest absolute Gasteiger partial charge is 0.468 e. The monoisotopic (exact) mass is 282 g/mol. The van der Waals surface area contributed by atoms with Crippen molar-refractivity contribution in [3.8, 4) is 0 Å². The second kappa shape index (κ2) is 4.62. The van der Waals surface area contributed by atoms with E-state index in [0.717, 1.165) is 32.1 Å². The molecule has 0 aromatic carbocycles.